The number of nitrogens with zero attached hydrogens (tertiary/aromatic N) is 1. The average molecular weight is 774 g/mol. The summed E-state index contributed by atoms with van der Waals surface area (Å²) in [6.07, 6.45) is 0. The predicted octanol–water partition coefficient (Wildman–Crippen LogP) is 16.5. The van der Waals surface area contributed by atoms with E-state index in [0.29, 0.717) is 39.1 Å². The zero-order chi connectivity index (χ0) is 46.8. The van der Waals surface area contributed by atoms with Crippen LogP contribution in [0.1, 0.15) is 11.0 Å². The van der Waals surface area contributed by atoms with Crippen LogP contribution in [0.2, 0.25) is 0 Å². The number of hydrogen-bond donors (Lipinski definition) is 0. The maximum atomic E-state index is 9.75. The summed E-state index contributed by atoms with van der Waals surface area (Å²) in [5.41, 5.74) is 7.46. The Balaban J connectivity index is 1.15. The van der Waals surface area contributed by atoms with E-state index in [0.717, 1.165) is 43.8 Å². The van der Waals surface area contributed by atoms with Crippen LogP contribution in [0.15, 0.2) is 241 Å². The fourth-order valence-corrected chi connectivity index (χ4v) is 8.07. The Labute approximate surface area is 361 Å². The zero-order valence-electron chi connectivity index (χ0n) is 40.3. The van der Waals surface area contributed by atoms with Crippen molar-refractivity contribution in [3.8, 4) is 55.6 Å². The lowest BCUT2D eigenvalue weighted by molar-refractivity contribution is 0.673. The van der Waals surface area contributed by atoms with Gasteiger partial charge in [-0.15, -0.1) is 0 Å². The molecule has 11 rings (SSSR count). The van der Waals surface area contributed by atoms with Gasteiger partial charge >= 0.3 is 0 Å². The molecule has 2 nitrogen and oxygen atoms in total. The molecule has 2 heteroatoms. The lowest BCUT2D eigenvalue weighted by atomic mass is 9.95. The van der Waals surface area contributed by atoms with Gasteiger partial charge in [0.15, 0.2) is 0 Å². The van der Waals surface area contributed by atoms with Crippen molar-refractivity contribution in [3.63, 3.8) is 0 Å². The van der Waals surface area contributed by atoms with Crippen LogP contribution in [0, 0.1) is 0 Å². The highest BCUT2D eigenvalue weighted by Crippen LogP contribution is 2.46. The van der Waals surface area contributed by atoms with Gasteiger partial charge in [0.05, 0.1) is 16.7 Å². The normalized spacial score (nSPS) is 13.2. The summed E-state index contributed by atoms with van der Waals surface area (Å²) in [4.78, 5) is 1.39. The maximum Gasteiger partial charge on any atom is 0.143 e. The van der Waals surface area contributed by atoms with Crippen molar-refractivity contribution in [3.05, 3.63) is 236 Å². The molecule has 0 spiro atoms. The molecule has 0 aliphatic rings. The van der Waals surface area contributed by atoms with Crippen molar-refractivity contribution in [2.75, 3.05) is 4.90 Å². The third-order valence-corrected chi connectivity index (χ3v) is 11.1. The van der Waals surface area contributed by atoms with E-state index in [-0.39, 0.29) is 46.7 Å². The number of anilines is 3. The highest BCUT2D eigenvalue weighted by atomic mass is 16.3. The van der Waals surface area contributed by atoms with Crippen molar-refractivity contribution in [2.45, 2.75) is 0 Å². The van der Waals surface area contributed by atoms with Crippen LogP contribution in [-0.2, 0) is 0 Å². The first-order valence-corrected chi connectivity index (χ1v) is 19.9. The van der Waals surface area contributed by atoms with Crippen LogP contribution in [0.5, 0.6) is 0 Å². The Morgan fingerprint density at radius 2 is 0.800 bits per heavy atom. The highest BCUT2D eigenvalue weighted by molar-refractivity contribution is 6.19. The van der Waals surface area contributed by atoms with E-state index in [1.807, 2.05) is 152 Å². The molecule has 0 N–H and O–H groups in total. The molecule has 0 fully saturated rings. The van der Waals surface area contributed by atoms with E-state index in [9.17, 15) is 11.0 Å². The Kier molecular flexibility index (Phi) is 6.96. The molecule has 0 saturated heterocycles. The second kappa shape index (κ2) is 15.1. The molecule has 1 heterocycles. The summed E-state index contributed by atoms with van der Waals surface area (Å²) in [5.74, 6) is 0. The molecule has 0 atom stereocenters. The number of rotatable bonds is 8. The lowest BCUT2D eigenvalue weighted by Gasteiger charge is -2.28. The maximum absolute atomic E-state index is 9.75. The van der Waals surface area contributed by atoms with Crippen molar-refractivity contribution in [2.24, 2.45) is 0 Å². The average Bonchev–Trinajstić information content (AvgIpc) is 3.78. The van der Waals surface area contributed by atoms with Crippen molar-refractivity contribution in [1.82, 2.24) is 0 Å². The van der Waals surface area contributed by atoms with E-state index >= 15 is 0 Å². The standard InChI is InChI=1S/C58H39NO/c1-3-12-40(13-4-1)42-22-26-44(27-23-42)46-30-35-49(36-31-46)59(50-37-32-47(33-38-50)45-28-24-43(25-29-45)41-14-5-2-6-15-41)55-20-10-9-18-52(55)53-19-11-21-56-57(53)54-39-34-48-16-7-8-17-51(48)58(54)60-56/h1-39H/i30D,31D,32D,33D,35D,36D,37D,38D. The molecule has 10 aromatic carbocycles. The Morgan fingerprint density at radius 3 is 1.38 bits per heavy atom. The minimum atomic E-state index is -0.418. The van der Waals surface area contributed by atoms with Gasteiger partial charge in [0.1, 0.15) is 11.2 Å². The highest BCUT2D eigenvalue weighted by Gasteiger charge is 2.21. The van der Waals surface area contributed by atoms with Crippen molar-refractivity contribution < 1.29 is 15.4 Å². The van der Waals surface area contributed by atoms with Gasteiger partial charge in [-0.3, -0.25) is 0 Å². The molecule has 282 valence electrons. The van der Waals surface area contributed by atoms with Gasteiger partial charge in [-0.2, -0.15) is 0 Å². The Morgan fingerprint density at radius 1 is 0.333 bits per heavy atom. The molecule has 0 bridgehead atoms. The zero-order valence-corrected chi connectivity index (χ0v) is 32.3. The van der Waals surface area contributed by atoms with Crippen molar-refractivity contribution >= 4 is 49.8 Å². The largest absolute Gasteiger partial charge is 0.455 e. The quantitative estimate of drug-likeness (QED) is 0.153. The van der Waals surface area contributed by atoms with Gasteiger partial charge in [0.2, 0.25) is 0 Å². The van der Waals surface area contributed by atoms with Crippen LogP contribution in [0.25, 0.3) is 88.3 Å². The van der Waals surface area contributed by atoms with E-state index < -0.39 is 24.2 Å². The van der Waals surface area contributed by atoms with E-state index in [1.165, 1.54) is 4.90 Å². The minimum Gasteiger partial charge on any atom is -0.455 e. The predicted molar refractivity (Wildman–Crippen MR) is 253 cm³/mol. The van der Waals surface area contributed by atoms with E-state index in [1.54, 1.807) is 36.4 Å². The third kappa shape index (κ3) is 6.41. The summed E-state index contributed by atoms with van der Waals surface area (Å²) in [5, 5.41) is 3.61. The molecular formula is C58H39NO. The molecule has 0 unspecified atom stereocenters. The second-order valence-corrected chi connectivity index (χ2v) is 14.6. The van der Waals surface area contributed by atoms with Gasteiger partial charge in [-0.1, -0.05) is 194 Å². The fraction of sp³-hybridized carbons (Fsp3) is 0. The molecular weight excluding hydrogens is 727 g/mol. The Hall–Kier alpha value is -7.94. The summed E-state index contributed by atoms with van der Waals surface area (Å²) in [6, 6.07) is 56.4. The minimum absolute atomic E-state index is 0.0901. The van der Waals surface area contributed by atoms with Gasteiger partial charge in [-0.25, -0.2) is 0 Å². The molecule has 1 aromatic heterocycles. The van der Waals surface area contributed by atoms with E-state index in [2.05, 4.69) is 0 Å². The molecule has 0 amide bonds. The van der Waals surface area contributed by atoms with Crippen LogP contribution in [0.4, 0.5) is 17.1 Å². The van der Waals surface area contributed by atoms with Gasteiger partial charge in [0.25, 0.3) is 0 Å². The summed E-state index contributed by atoms with van der Waals surface area (Å²) in [7, 11) is 0. The first-order valence-electron chi connectivity index (χ1n) is 23.9. The van der Waals surface area contributed by atoms with Gasteiger partial charge in [0, 0.05) is 33.1 Å². The fourth-order valence-electron chi connectivity index (χ4n) is 8.07. The molecule has 11 aromatic rings. The number of furan rings is 1. The van der Waals surface area contributed by atoms with Crippen LogP contribution in [0.3, 0.4) is 0 Å². The van der Waals surface area contributed by atoms with Crippen LogP contribution >= 0.6 is 0 Å². The number of benzene rings is 10. The molecule has 0 radical (unpaired) electrons. The second-order valence-electron chi connectivity index (χ2n) is 14.6. The SMILES string of the molecule is [2H]c1c([2H])c(N(c2ccccc2-c2cccc3oc4c5ccccc5ccc4c23)c2c([2H])c([2H])c(-c3ccc(-c4ccccc4)cc3)c([2H])c2[2H])c([2H])c([2H])c1-c1ccc(-c2ccccc2)cc1. The number of para-hydroxylation sites is 1. The van der Waals surface area contributed by atoms with Crippen LogP contribution in [-0.4, -0.2) is 0 Å². The lowest BCUT2D eigenvalue weighted by Crippen LogP contribution is -2.11. The molecule has 0 saturated carbocycles. The van der Waals surface area contributed by atoms with Gasteiger partial charge in [-0.05, 0) is 97.8 Å². The number of fused-ring (bicyclic) bond motifs is 5. The Bertz CT molecular complexity index is 3550. The van der Waals surface area contributed by atoms with Crippen LogP contribution < -0.4 is 4.90 Å². The van der Waals surface area contributed by atoms with E-state index in [4.69, 9.17) is 4.42 Å². The molecule has 0 aliphatic carbocycles. The van der Waals surface area contributed by atoms with Crippen molar-refractivity contribution in [1.29, 1.82) is 0 Å². The summed E-state index contributed by atoms with van der Waals surface area (Å²) in [6.45, 7) is 0. The summed E-state index contributed by atoms with van der Waals surface area (Å²) >= 11 is 0. The number of hydrogen-bond acceptors (Lipinski definition) is 2. The topological polar surface area (TPSA) is 16.4 Å². The first-order chi connectivity index (χ1) is 33.1. The molecule has 60 heavy (non-hydrogen) atoms. The smallest absolute Gasteiger partial charge is 0.143 e. The monoisotopic (exact) mass is 773 g/mol. The molecule has 0 aliphatic heterocycles. The summed E-state index contributed by atoms with van der Waals surface area (Å²) < 4.78 is 83.7. The first kappa shape index (κ1) is 27.7. The van der Waals surface area contributed by atoms with Gasteiger partial charge < -0.3 is 9.32 Å². The third-order valence-electron chi connectivity index (χ3n) is 11.1.